The molecule has 1 heterocycles. The van der Waals surface area contributed by atoms with Crippen LogP contribution in [0.15, 0.2) is 47.4 Å². The Kier molecular flexibility index (Phi) is 6.27. The fraction of sp³-hybridized carbons (Fsp3) is 0.318. The number of fused-ring (bicyclic) bond motifs is 1. The topological polar surface area (TPSA) is 84.5 Å². The number of carbonyl (C=O) groups excluding carboxylic acids is 3. The van der Waals surface area contributed by atoms with Gasteiger partial charge in [-0.3, -0.25) is 9.59 Å². The van der Waals surface area contributed by atoms with Crippen molar-refractivity contribution in [3.05, 3.63) is 53.6 Å². The van der Waals surface area contributed by atoms with E-state index in [9.17, 15) is 14.4 Å². The van der Waals surface area contributed by atoms with Crippen molar-refractivity contribution in [3.63, 3.8) is 0 Å². The lowest BCUT2D eigenvalue weighted by atomic mass is 9.87. The quantitative estimate of drug-likeness (QED) is 0.735. The highest BCUT2D eigenvalue weighted by molar-refractivity contribution is 7.99. The van der Waals surface area contributed by atoms with Crippen LogP contribution in [-0.4, -0.2) is 30.1 Å². The van der Waals surface area contributed by atoms with Crippen LogP contribution in [0.1, 0.15) is 43.1 Å². The van der Waals surface area contributed by atoms with Crippen molar-refractivity contribution in [2.75, 3.05) is 23.0 Å². The van der Waals surface area contributed by atoms with Crippen LogP contribution in [0.5, 0.6) is 0 Å². The summed E-state index contributed by atoms with van der Waals surface area (Å²) in [5, 5.41) is 5.50. The molecule has 152 valence electrons. The normalized spacial score (nSPS) is 13.7. The second kappa shape index (κ2) is 8.69. The minimum Gasteiger partial charge on any atom is -0.452 e. The molecule has 0 radical (unpaired) electrons. The van der Waals surface area contributed by atoms with Crippen LogP contribution in [0.2, 0.25) is 0 Å². The lowest BCUT2D eigenvalue weighted by Gasteiger charge is -2.19. The van der Waals surface area contributed by atoms with Gasteiger partial charge in [0.05, 0.1) is 11.3 Å². The summed E-state index contributed by atoms with van der Waals surface area (Å²) in [7, 11) is 0. The van der Waals surface area contributed by atoms with Gasteiger partial charge >= 0.3 is 5.97 Å². The second-order valence-electron chi connectivity index (χ2n) is 7.81. The van der Waals surface area contributed by atoms with E-state index < -0.39 is 18.5 Å². The van der Waals surface area contributed by atoms with E-state index in [1.165, 1.54) is 0 Å². The zero-order valence-corrected chi connectivity index (χ0v) is 17.5. The van der Waals surface area contributed by atoms with Crippen molar-refractivity contribution in [1.82, 2.24) is 0 Å². The highest BCUT2D eigenvalue weighted by Gasteiger charge is 2.17. The van der Waals surface area contributed by atoms with Crippen LogP contribution in [0, 0.1) is 0 Å². The van der Waals surface area contributed by atoms with Crippen LogP contribution in [0.25, 0.3) is 0 Å². The van der Waals surface area contributed by atoms with Gasteiger partial charge < -0.3 is 15.4 Å². The van der Waals surface area contributed by atoms with E-state index in [2.05, 4.69) is 31.4 Å². The van der Waals surface area contributed by atoms with E-state index in [4.69, 9.17) is 4.74 Å². The zero-order chi connectivity index (χ0) is 21.0. The van der Waals surface area contributed by atoms with Crippen LogP contribution in [0.4, 0.5) is 11.4 Å². The number of nitrogens with one attached hydrogen (secondary N) is 2. The molecule has 0 saturated heterocycles. The molecule has 2 amide bonds. The van der Waals surface area contributed by atoms with Crippen LogP contribution in [-0.2, 0) is 19.7 Å². The molecule has 2 aromatic carbocycles. The number of benzene rings is 2. The molecule has 2 aromatic rings. The third-order valence-corrected chi connectivity index (χ3v) is 5.52. The molecule has 0 saturated carbocycles. The number of esters is 1. The number of rotatable bonds is 4. The van der Waals surface area contributed by atoms with Gasteiger partial charge in [0.25, 0.3) is 5.91 Å². The van der Waals surface area contributed by atoms with Crippen molar-refractivity contribution in [2.24, 2.45) is 0 Å². The second-order valence-corrected chi connectivity index (χ2v) is 8.95. The molecule has 0 atom stereocenters. The van der Waals surface area contributed by atoms with Gasteiger partial charge in [-0.25, -0.2) is 4.79 Å². The molecule has 0 aliphatic carbocycles. The van der Waals surface area contributed by atoms with Crippen LogP contribution < -0.4 is 10.6 Å². The summed E-state index contributed by atoms with van der Waals surface area (Å²) in [5.41, 5.74) is 2.72. The number of hydrogen-bond acceptors (Lipinski definition) is 5. The maximum atomic E-state index is 12.3. The maximum Gasteiger partial charge on any atom is 0.338 e. The minimum absolute atomic E-state index is 0.0317. The molecule has 0 unspecified atom stereocenters. The number of hydrogen-bond donors (Lipinski definition) is 2. The Morgan fingerprint density at radius 1 is 1.14 bits per heavy atom. The Morgan fingerprint density at radius 3 is 2.55 bits per heavy atom. The molecule has 2 N–H and O–H groups in total. The van der Waals surface area contributed by atoms with Gasteiger partial charge in [-0.15, -0.1) is 11.8 Å². The average Bonchev–Trinajstić information content (AvgIpc) is 2.85. The molecule has 0 bridgehead atoms. The summed E-state index contributed by atoms with van der Waals surface area (Å²) in [5.74, 6) is -0.423. The molecule has 29 heavy (non-hydrogen) atoms. The van der Waals surface area contributed by atoms with Gasteiger partial charge in [0.15, 0.2) is 6.61 Å². The number of amides is 2. The van der Waals surface area contributed by atoms with Gasteiger partial charge in [-0.05, 0) is 41.3 Å². The SMILES string of the molecule is CC(C)(C)c1ccc(NC(=O)COC(=O)c2ccc3c(c2)NC(=O)CCS3)cc1. The first-order valence-electron chi connectivity index (χ1n) is 9.36. The summed E-state index contributed by atoms with van der Waals surface area (Å²) >= 11 is 1.56. The van der Waals surface area contributed by atoms with Crippen molar-refractivity contribution in [3.8, 4) is 0 Å². The van der Waals surface area contributed by atoms with Crippen molar-refractivity contribution in [1.29, 1.82) is 0 Å². The minimum atomic E-state index is -0.616. The van der Waals surface area contributed by atoms with Gasteiger partial charge in [-0.2, -0.15) is 0 Å². The number of anilines is 2. The third-order valence-electron chi connectivity index (χ3n) is 4.45. The third kappa shape index (κ3) is 5.60. The Bertz CT molecular complexity index is 933. The molecule has 7 heteroatoms. The van der Waals surface area contributed by atoms with Crippen molar-refractivity contribution < 1.29 is 19.1 Å². The van der Waals surface area contributed by atoms with Crippen molar-refractivity contribution >= 4 is 40.9 Å². The monoisotopic (exact) mass is 412 g/mol. The fourth-order valence-electron chi connectivity index (χ4n) is 2.81. The lowest BCUT2D eigenvalue weighted by molar-refractivity contribution is -0.119. The average molecular weight is 413 g/mol. The predicted octanol–water partition coefficient (Wildman–Crippen LogP) is 4.21. The summed E-state index contributed by atoms with van der Waals surface area (Å²) in [6.45, 7) is 5.96. The standard InChI is InChI=1S/C22H24N2O4S/c1-22(2,3)15-5-7-16(8-6-15)23-20(26)13-28-21(27)14-4-9-18-17(12-14)24-19(25)10-11-29-18/h4-9,12H,10-11,13H2,1-3H3,(H,23,26)(H,24,25). The first-order chi connectivity index (χ1) is 13.7. The Balaban J connectivity index is 1.56. The molecule has 0 spiro atoms. The number of ether oxygens (including phenoxy) is 1. The maximum absolute atomic E-state index is 12.3. The Labute approximate surface area is 174 Å². The van der Waals surface area contributed by atoms with E-state index in [1.54, 1.807) is 30.0 Å². The van der Waals surface area contributed by atoms with Gasteiger partial charge in [0.1, 0.15) is 0 Å². The number of carbonyl (C=O) groups is 3. The van der Waals surface area contributed by atoms with E-state index in [1.807, 2.05) is 24.3 Å². The van der Waals surface area contributed by atoms with Crippen LogP contribution in [0.3, 0.4) is 0 Å². The van der Waals surface area contributed by atoms with Crippen LogP contribution >= 0.6 is 11.8 Å². The molecule has 1 aliphatic heterocycles. The first-order valence-corrected chi connectivity index (χ1v) is 10.4. The summed E-state index contributed by atoms with van der Waals surface area (Å²) in [6.07, 6.45) is 0.427. The Hall–Kier alpha value is -2.80. The first kappa shape index (κ1) is 20.9. The van der Waals surface area contributed by atoms with E-state index in [0.29, 0.717) is 23.5 Å². The molecule has 0 fully saturated rings. The smallest absolute Gasteiger partial charge is 0.338 e. The van der Waals surface area contributed by atoms with Crippen molar-refractivity contribution in [2.45, 2.75) is 37.5 Å². The summed E-state index contributed by atoms with van der Waals surface area (Å²) in [4.78, 5) is 37.0. The molecule has 6 nitrogen and oxygen atoms in total. The highest BCUT2D eigenvalue weighted by Crippen LogP contribution is 2.31. The molecular weight excluding hydrogens is 388 g/mol. The van der Waals surface area contributed by atoms with E-state index >= 15 is 0 Å². The zero-order valence-electron chi connectivity index (χ0n) is 16.7. The van der Waals surface area contributed by atoms with E-state index in [0.717, 1.165) is 10.5 Å². The molecular formula is C22H24N2O4S. The fourth-order valence-corrected chi connectivity index (χ4v) is 3.75. The van der Waals surface area contributed by atoms with Gasteiger partial charge in [0.2, 0.25) is 5.91 Å². The number of thioether (sulfide) groups is 1. The Morgan fingerprint density at radius 2 is 1.86 bits per heavy atom. The van der Waals surface area contributed by atoms with Gasteiger partial charge in [0, 0.05) is 22.8 Å². The molecule has 1 aliphatic rings. The summed E-state index contributed by atoms with van der Waals surface area (Å²) in [6, 6.07) is 12.6. The highest BCUT2D eigenvalue weighted by atomic mass is 32.2. The van der Waals surface area contributed by atoms with E-state index in [-0.39, 0.29) is 16.9 Å². The van der Waals surface area contributed by atoms with Gasteiger partial charge in [-0.1, -0.05) is 32.9 Å². The lowest BCUT2D eigenvalue weighted by Crippen LogP contribution is -2.21. The molecule has 3 rings (SSSR count). The largest absolute Gasteiger partial charge is 0.452 e. The predicted molar refractivity (Wildman–Crippen MR) is 114 cm³/mol. The molecule has 0 aromatic heterocycles. The summed E-state index contributed by atoms with van der Waals surface area (Å²) < 4.78 is 5.12.